The Labute approximate surface area is 143 Å². The molecular weight excluding hydrogens is 324 g/mol. The number of carbonyl (C=O) groups excluding carboxylic acids is 1. The van der Waals surface area contributed by atoms with Crippen molar-refractivity contribution in [3.05, 3.63) is 52.5 Å². The van der Waals surface area contributed by atoms with Gasteiger partial charge in [0.15, 0.2) is 0 Å². The second-order valence-corrected chi connectivity index (χ2v) is 7.15. The van der Waals surface area contributed by atoms with Crippen LogP contribution in [0.15, 0.2) is 35.0 Å². The highest BCUT2D eigenvalue weighted by atomic mass is 32.1. The number of aryl methyl sites for hydroxylation is 2. The largest absolute Gasteiger partial charge is 0.337 e. The third-order valence-electron chi connectivity index (χ3n) is 4.13. The van der Waals surface area contributed by atoms with Crippen LogP contribution >= 0.6 is 11.3 Å². The van der Waals surface area contributed by atoms with Crippen molar-refractivity contribution in [2.75, 3.05) is 6.54 Å². The van der Waals surface area contributed by atoms with Crippen LogP contribution in [-0.2, 0) is 0 Å². The molecule has 0 aromatic carbocycles. The average Bonchev–Trinajstić information content (AvgIpc) is 3.16. The molecule has 1 atom stereocenters. The minimum Gasteiger partial charge on any atom is -0.337 e. The van der Waals surface area contributed by atoms with Gasteiger partial charge in [-0.2, -0.15) is 4.98 Å². The Hall–Kier alpha value is -2.54. The fourth-order valence-corrected chi connectivity index (χ4v) is 3.47. The van der Waals surface area contributed by atoms with Crippen LogP contribution in [0.3, 0.4) is 0 Å². The summed E-state index contributed by atoms with van der Waals surface area (Å²) in [7, 11) is 0. The smallest absolute Gasteiger partial charge is 0.256 e. The van der Waals surface area contributed by atoms with E-state index in [0.29, 0.717) is 23.8 Å². The molecule has 1 aliphatic rings. The van der Waals surface area contributed by atoms with E-state index in [4.69, 9.17) is 4.52 Å². The molecule has 3 aromatic heterocycles. The molecule has 3 aromatic rings. The van der Waals surface area contributed by atoms with Crippen molar-refractivity contribution < 1.29 is 9.32 Å². The third-order valence-corrected chi connectivity index (χ3v) is 5.12. The summed E-state index contributed by atoms with van der Waals surface area (Å²) in [5.74, 6) is 1.03. The van der Waals surface area contributed by atoms with Crippen LogP contribution in [0.25, 0.3) is 10.7 Å². The van der Waals surface area contributed by atoms with Gasteiger partial charge >= 0.3 is 0 Å². The van der Waals surface area contributed by atoms with Gasteiger partial charge in [-0.25, -0.2) is 0 Å². The van der Waals surface area contributed by atoms with Crippen LogP contribution in [0.2, 0.25) is 0 Å². The number of hydrogen-bond acceptors (Lipinski definition) is 6. The molecule has 0 N–H and O–H groups in total. The second-order valence-electron chi connectivity index (χ2n) is 5.86. The van der Waals surface area contributed by atoms with Crippen molar-refractivity contribution >= 4 is 17.2 Å². The molecular formula is C17H16N4O2S. The maximum absolute atomic E-state index is 12.6. The Morgan fingerprint density at radius 2 is 2.17 bits per heavy atom. The minimum absolute atomic E-state index is 0.0505. The van der Waals surface area contributed by atoms with Crippen molar-refractivity contribution in [2.45, 2.75) is 26.3 Å². The minimum atomic E-state index is -0.152. The zero-order valence-corrected chi connectivity index (χ0v) is 14.2. The number of nitrogens with zero attached hydrogens (tertiary/aromatic N) is 4. The maximum atomic E-state index is 12.6. The molecule has 1 aliphatic heterocycles. The predicted octanol–water partition coefficient (Wildman–Crippen LogP) is 3.40. The molecule has 122 valence electrons. The van der Waals surface area contributed by atoms with Crippen LogP contribution < -0.4 is 0 Å². The monoisotopic (exact) mass is 340 g/mol. The highest BCUT2D eigenvalue weighted by molar-refractivity contribution is 7.15. The van der Waals surface area contributed by atoms with E-state index in [9.17, 15) is 4.79 Å². The zero-order chi connectivity index (χ0) is 16.7. The number of aromatic nitrogens is 3. The third kappa shape index (κ3) is 2.60. The van der Waals surface area contributed by atoms with Gasteiger partial charge in [0.25, 0.3) is 5.91 Å². The van der Waals surface area contributed by atoms with Crippen molar-refractivity contribution in [3.63, 3.8) is 0 Å². The Bertz CT molecular complexity index is 884. The number of rotatable bonds is 3. The molecule has 7 heteroatoms. The quantitative estimate of drug-likeness (QED) is 0.731. The number of hydrogen-bond donors (Lipinski definition) is 0. The summed E-state index contributed by atoms with van der Waals surface area (Å²) in [5.41, 5.74) is 1.47. The molecule has 1 fully saturated rings. The van der Waals surface area contributed by atoms with Crippen LogP contribution in [0.1, 0.15) is 39.3 Å². The zero-order valence-electron chi connectivity index (χ0n) is 13.4. The molecule has 0 bridgehead atoms. The van der Waals surface area contributed by atoms with Crippen LogP contribution in [0, 0.1) is 13.8 Å². The van der Waals surface area contributed by atoms with E-state index in [-0.39, 0.29) is 11.9 Å². The van der Waals surface area contributed by atoms with Gasteiger partial charge in [0.2, 0.25) is 11.7 Å². The summed E-state index contributed by atoms with van der Waals surface area (Å²) in [6.07, 6.45) is 2.44. The highest BCUT2D eigenvalue weighted by Crippen LogP contribution is 2.35. The van der Waals surface area contributed by atoms with Gasteiger partial charge < -0.3 is 9.42 Å². The van der Waals surface area contributed by atoms with Crippen molar-refractivity contribution in [1.29, 1.82) is 0 Å². The molecule has 4 heterocycles. The first kappa shape index (κ1) is 15.0. The Morgan fingerprint density at radius 3 is 2.79 bits per heavy atom. The molecule has 6 nitrogen and oxygen atoms in total. The molecule has 4 rings (SSSR count). The van der Waals surface area contributed by atoms with E-state index < -0.39 is 0 Å². The van der Waals surface area contributed by atoms with Crippen LogP contribution in [0.4, 0.5) is 0 Å². The Morgan fingerprint density at radius 1 is 1.29 bits per heavy atom. The summed E-state index contributed by atoms with van der Waals surface area (Å²) < 4.78 is 5.40. The fraction of sp³-hybridized carbons (Fsp3) is 0.294. The number of likely N-dealkylation sites (tertiary alicyclic amines) is 1. The van der Waals surface area contributed by atoms with Gasteiger partial charge in [0, 0.05) is 23.3 Å². The first-order valence-electron chi connectivity index (χ1n) is 7.76. The van der Waals surface area contributed by atoms with Gasteiger partial charge in [-0.15, -0.1) is 11.3 Å². The Balaban J connectivity index is 1.54. The van der Waals surface area contributed by atoms with Crippen molar-refractivity contribution in [3.8, 4) is 10.7 Å². The van der Waals surface area contributed by atoms with E-state index >= 15 is 0 Å². The number of carbonyl (C=O) groups is 1. The summed E-state index contributed by atoms with van der Waals surface area (Å²) in [6, 6.07) is 7.50. The number of amides is 1. The fourth-order valence-electron chi connectivity index (χ4n) is 2.67. The molecule has 0 radical (unpaired) electrons. The highest BCUT2D eigenvalue weighted by Gasteiger charge is 2.38. The molecule has 1 saturated heterocycles. The first-order valence-corrected chi connectivity index (χ1v) is 8.57. The van der Waals surface area contributed by atoms with Gasteiger partial charge in [0.05, 0.1) is 10.4 Å². The van der Waals surface area contributed by atoms with Crippen molar-refractivity contribution in [2.24, 2.45) is 0 Å². The molecule has 0 saturated carbocycles. The maximum Gasteiger partial charge on any atom is 0.256 e. The van der Waals surface area contributed by atoms with Crippen LogP contribution in [-0.4, -0.2) is 32.5 Å². The van der Waals surface area contributed by atoms with Gasteiger partial charge in [-0.05, 0) is 44.5 Å². The Kier molecular flexibility index (Phi) is 3.65. The molecule has 0 spiro atoms. The summed E-state index contributed by atoms with van der Waals surface area (Å²) in [5, 5.41) is 4.05. The van der Waals surface area contributed by atoms with Crippen molar-refractivity contribution in [1.82, 2.24) is 20.0 Å². The lowest BCUT2D eigenvalue weighted by Crippen LogP contribution is -2.45. The molecule has 0 aliphatic carbocycles. The van der Waals surface area contributed by atoms with Crippen LogP contribution in [0.5, 0.6) is 0 Å². The molecule has 1 amide bonds. The van der Waals surface area contributed by atoms with E-state index in [1.807, 2.05) is 32.0 Å². The van der Waals surface area contributed by atoms with Gasteiger partial charge in [0.1, 0.15) is 6.04 Å². The van der Waals surface area contributed by atoms with E-state index in [1.54, 1.807) is 28.5 Å². The van der Waals surface area contributed by atoms with E-state index in [1.165, 1.54) is 4.88 Å². The summed E-state index contributed by atoms with van der Waals surface area (Å²) in [6.45, 7) is 4.62. The SMILES string of the molecule is Cc1ccc(C(=O)N2CCC2c2nc(-c3ccc(C)s3)no2)cn1. The van der Waals surface area contributed by atoms with E-state index in [2.05, 4.69) is 15.1 Å². The predicted molar refractivity (Wildman–Crippen MR) is 89.7 cm³/mol. The number of pyridine rings is 1. The second kappa shape index (κ2) is 5.83. The average molecular weight is 340 g/mol. The van der Waals surface area contributed by atoms with E-state index in [0.717, 1.165) is 17.0 Å². The lowest BCUT2D eigenvalue weighted by Gasteiger charge is -2.38. The topological polar surface area (TPSA) is 72.1 Å². The lowest BCUT2D eigenvalue weighted by atomic mass is 10.0. The van der Waals surface area contributed by atoms with Gasteiger partial charge in [-0.3, -0.25) is 9.78 Å². The normalized spacial score (nSPS) is 16.9. The summed E-state index contributed by atoms with van der Waals surface area (Å²) in [4.78, 5) is 25.2. The lowest BCUT2D eigenvalue weighted by molar-refractivity contribution is 0.0378. The molecule has 24 heavy (non-hydrogen) atoms. The first-order chi connectivity index (χ1) is 11.6. The van der Waals surface area contributed by atoms with Gasteiger partial charge in [-0.1, -0.05) is 5.16 Å². The summed E-state index contributed by atoms with van der Waals surface area (Å²) >= 11 is 1.62. The number of thiophene rings is 1. The molecule has 1 unspecified atom stereocenters. The standard InChI is InChI=1S/C17H16N4O2S/c1-10-3-5-12(9-18-10)17(22)21-8-7-13(21)16-19-15(20-23-16)14-6-4-11(2)24-14/h3-6,9,13H,7-8H2,1-2H3.